The van der Waals surface area contributed by atoms with Crippen molar-refractivity contribution in [1.82, 2.24) is 0 Å². The maximum Gasteiger partial charge on any atom is 0.140 e. The molecule has 10 heavy (non-hydrogen) atoms. The van der Waals surface area contributed by atoms with Gasteiger partial charge in [0.05, 0.1) is 0 Å². The fraction of sp³-hybridized carbons (Fsp3) is 0.625. The predicted molar refractivity (Wildman–Crippen MR) is 44.3 cm³/mol. The first-order valence-corrected chi connectivity index (χ1v) is 4.01. The molecule has 0 fully saturated rings. The van der Waals surface area contributed by atoms with Crippen LogP contribution in [0.25, 0.3) is 0 Å². The largest absolute Gasteiger partial charge is 0.299 e. The number of allylic oxidation sites excluding steroid dienone is 1. The Hall–Kier alpha value is -0.300. The molecule has 0 aliphatic rings. The molecule has 0 rings (SSSR count). The molecule has 0 heterocycles. The highest BCUT2D eigenvalue weighted by molar-refractivity contribution is 6.19. The van der Waals surface area contributed by atoms with E-state index in [9.17, 15) is 4.79 Å². The van der Waals surface area contributed by atoms with Crippen molar-refractivity contribution in [2.75, 3.05) is 5.88 Å². The summed E-state index contributed by atoms with van der Waals surface area (Å²) in [6.45, 7) is 5.51. The summed E-state index contributed by atoms with van der Waals surface area (Å²) in [5.74, 6) is 0.427. The van der Waals surface area contributed by atoms with Gasteiger partial charge < -0.3 is 0 Å². The average Bonchev–Trinajstić information content (AvgIpc) is 1.91. The molecule has 0 amide bonds. The Morgan fingerprint density at radius 3 is 2.70 bits per heavy atom. The van der Waals surface area contributed by atoms with Crippen molar-refractivity contribution < 1.29 is 4.79 Å². The first-order valence-electron chi connectivity index (χ1n) is 3.47. The van der Waals surface area contributed by atoms with E-state index in [1.54, 1.807) is 6.08 Å². The zero-order valence-electron chi connectivity index (χ0n) is 6.27. The molecule has 0 bridgehead atoms. The van der Waals surface area contributed by atoms with Crippen molar-refractivity contribution >= 4 is 17.4 Å². The predicted octanol–water partition coefficient (Wildman–Crippen LogP) is 2.40. The maximum absolute atomic E-state index is 11.0. The fourth-order valence-corrected chi connectivity index (χ4v) is 1.01. The lowest BCUT2D eigenvalue weighted by molar-refractivity contribution is -0.121. The van der Waals surface area contributed by atoms with E-state index in [0.29, 0.717) is 12.3 Å². The van der Waals surface area contributed by atoms with E-state index in [2.05, 4.69) is 6.58 Å². The zero-order valence-corrected chi connectivity index (χ0v) is 7.03. The second-order valence-electron chi connectivity index (χ2n) is 2.21. The minimum atomic E-state index is -0.137. The van der Waals surface area contributed by atoms with Crippen LogP contribution in [0.5, 0.6) is 0 Å². The smallest absolute Gasteiger partial charge is 0.140 e. The summed E-state index contributed by atoms with van der Waals surface area (Å²) in [6, 6.07) is 0. The van der Waals surface area contributed by atoms with Crippen LogP contribution < -0.4 is 0 Å². The Bertz CT molecular complexity index is 120. The normalized spacial score (nSPS) is 12.6. The van der Waals surface area contributed by atoms with Gasteiger partial charge in [-0.2, -0.15) is 0 Å². The molecule has 2 heteroatoms. The van der Waals surface area contributed by atoms with E-state index in [0.717, 1.165) is 6.42 Å². The van der Waals surface area contributed by atoms with E-state index >= 15 is 0 Å². The summed E-state index contributed by atoms with van der Waals surface area (Å²) >= 11 is 5.51. The zero-order chi connectivity index (χ0) is 7.98. The SMILES string of the molecule is C=CC(CCl)C(=O)CCC. The molecule has 1 atom stereocenters. The van der Waals surface area contributed by atoms with Crippen LogP contribution in [0.1, 0.15) is 19.8 Å². The summed E-state index contributed by atoms with van der Waals surface area (Å²) in [5.41, 5.74) is 0. The van der Waals surface area contributed by atoms with Crippen LogP contribution in [-0.4, -0.2) is 11.7 Å². The van der Waals surface area contributed by atoms with Crippen molar-refractivity contribution in [2.24, 2.45) is 5.92 Å². The standard InChI is InChI=1S/C8H13ClO/c1-3-5-8(10)7(4-2)6-9/h4,7H,2-3,5-6H2,1H3. The van der Waals surface area contributed by atoms with Gasteiger partial charge in [0.1, 0.15) is 5.78 Å². The van der Waals surface area contributed by atoms with E-state index < -0.39 is 0 Å². The molecule has 0 radical (unpaired) electrons. The molecule has 0 N–H and O–H groups in total. The number of ketones is 1. The molecule has 1 nitrogen and oxygen atoms in total. The van der Waals surface area contributed by atoms with Crippen LogP contribution in [0.4, 0.5) is 0 Å². The van der Waals surface area contributed by atoms with Gasteiger partial charge in [-0.05, 0) is 6.42 Å². The second kappa shape index (κ2) is 5.48. The van der Waals surface area contributed by atoms with Gasteiger partial charge in [-0.15, -0.1) is 18.2 Å². The number of carbonyl (C=O) groups excluding carboxylic acids is 1. The number of hydrogen-bond acceptors (Lipinski definition) is 1. The molecule has 0 aliphatic carbocycles. The van der Waals surface area contributed by atoms with Crippen LogP contribution >= 0.6 is 11.6 Å². The summed E-state index contributed by atoms with van der Waals surface area (Å²) in [4.78, 5) is 11.0. The number of carbonyl (C=O) groups is 1. The quantitative estimate of drug-likeness (QED) is 0.446. The van der Waals surface area contributed by atoms with Gasteiger partial charge in [-0.1, -0.05) is 13.0 Å². The average molecular weight is 161 g/mol. The van der Waals surface area contributed by atoms with Crippen molar-refractivity contribution in [3.05, 3.63) is 12.7 Å². The Kier molecular flexibility index (Phi) is 5.32. The molecule has 58 valence electrons. The molecule has 0 aromatic carbocycles. The van der Waals surface area contributed by atoms with Crippen LogP contribution in [0.3, 0.4) is 0 Å². The van der Waals surface area contributed by atoms with Gasteiger partial charge in [-0.25, -0.2) is 0 Å². The molecular weight excluding hydrogens is 148 g/mol. The summed E-state index contributed by atoms with van der Waals surface area (Å²) < 4.78 is 0. The van der Waals surface area contributed by atoms with Crippen molar-refractivity contribution in [3.8, 4) is 0 Å². The monoisotopic (exact) mass is 160 g/mol. The van der Waals surface area contributed by atoms with Gasteiger partial charge in [0.15, 0.2) is 0 Å². The number of alkyl halides is 1. The van der Waals surface area contributed by atoms with E-state index in [4.69, 9.17) is 11.6 Å². The molecule has 0 aromatic heterocycles. The molecule has 0 aromatic rings. The van der Waals surface area contributed by atoms with Crippen LogP contribution in [0.15, 0.2) is 12.7 Å². The third kappa shape index (κ3) is 3.02. The lowest BCUT2D eigenvalue weighted by Gasteiger charge is -2.04. The first kappa shape index (κ1) is 9.70. The van der Waals surface area contributed by atoms with Crippen LogP contribution in [0.2, 0.25) is 0 Å². The number of halogens is 1. The highest BCUT2D eigenvalue weighted by Crippen LogP contribution is 2.06. The van der Waals surface area contributed by atoms with Gasteiger partial charge in [0.2, 0.25) is 0 Å². The molecule has 1 unspecified atom stereocenters. The van der Waals surface area contributed by atoms with Gasteiger partial charge >= 0.3 is 0 Å². The second-order valence-corrected chi connectivity index (χ2v) is 2.52. The lowest BCUT2D eigenvalue weighted by Crippen LogP contribution is -2.12. The number of Topliss-reactive ketones (excluding diaryl/α,β-unsaturated/α-hetero) is 1. The maximum atomic E-state index is 11.0. The molecular formula is C8H13ClO. The van der Waals surface area contributed by atoms with E-state index in [1.807, 2.05) is 6.92 Å². The first-order chi connectivity index (χ1) is 4.76. The molecule has 0 saturated heterocycles. The number of hydrogen-bond donors (Lipinski definition) is 0. The summed E-state index contributed by atoms with van der Waals surface area (Å²) in [7, 11) is 0. The van der Waals surface area contributed by atoms with Crippen LogP contribution in [-0.2, 0) is 4.79 Å². The fourth-order valence-electron chi connectivity index (χ4n) is 0.712. The van der Waals surface area contributed by atoms with Gasteiger partial charge in [0.25, 0.3) is 0 Å². The highest BCUT2D eigenvalue weighted by atomic mass is 35.5. The third-order valence-corrected chi connectivity index (χ3v) is 1.69. The Balaban J connectivity index is 3.76. The van der Waals surface area contributed by atoms with Gasteiger partial charge in [0, 0.05) is 18.2 Å². The Labute approximate surface area is 67.1 Å². The number of rotatable bonds is 5. The van der Waals surface area contributed by atoms with Gasteiger partial charge in [-0.3, -0.25) is 4.79 Å². The highest BCUT2D eigenvalue weighted by Gasteiger charge is 2.10. The van der Waals surface area contributed by atoms with Crippen molar-refractivity contribution in [2.45, 2.75) is 19.8 Å². The minimum absolute atomic E-state index is 0.137. The van der Waals surface area contributed by atoms with Crippen molar-refractivity contribution in [3.63, 3.8) is 0 Å². The lowest BCUT2D eigenvalue weighted by atomic mass is 10.0. The van der Waals surface area contributed by atoms with Crippen LogP contribution in [0, 0.1) is 5.92 Å². The van der Waals surface area contributed by atoms with E-state index in [1.165, 1.54) is 0 Å². The summed E-state index contributed by atoms with van der Waals surface area (Å²) in [6.07, 6.45) is 3.12. The molecule has 0 aliphatic heterocycles. The Morgan fingerprint density at radius 2 is 2.40 bits per heavy atom. The molecule has 0 spiro atoms. The van der Waals surface area contributed by atoms with Crippen molar-refractivity contribution in [1.29, 1.82) is 0 Å². The third-order valence-electron chi connectivity index (χ3n) is 1.36. The summed E-state index contributed by atoms with van der Waals surface area (Å²) in [5, 5.41) is 0. The minimum Gasteiger partial charge on any atom is -0.299 e. The Morgan fingerprint density at radius 1 is 1.80 bits per heavy atom. The molecule has 0 saturated carbocycles. The topological polar surface area (TPSA) is 17.1 Å². The van der Waals surface area contributed by atoms with E-state index in [-0.39, 0.29) is 11.7 Å².